The number of rotatable bonds is 3. The van der Waals surface area contributed by atoms with Crippen LogP contribution in [0, 0.1) is 5.82 Å². The van der Waals surface area contributed by atoms with Crippen LogP contribution in [-0.4, -0.2) is 28.6 Å². The van der Waals surface area contributed by atoms with Crippen molar-refractivity contribution in [1.29, 1.82) is 0 Å². The Kier molecular flexibility index (Phi) is 3.31. The molecule has 1 heterocycles. The van der Waals surface area contributed by atoms with Crippen molar-refractivity contribution in [3.63, 3.8) is 0 Å². The van der Waals surface area contributed by atoms with Gasteiger partial charge in [0.15, 0.2) is 6.10 Å². The zero-order valence-electron chi connectivity index (χ0n) is 11.4. The third-order valence-electron chi connectivity index (χ3n) is 4.22. The van der Waals surface area contributed by atoms with Crippen molar-refractivity contribution in [2.24, 2.45) is 0 Å². The molecule has 1 saturated carbocycles. The van der Waals surface area contributed by atoms with Gasteiger partial charge >= 0.3 is 5.97 Å². The number of hydrogen-bond donors (Lipinski definition) is 2. The van der Waals surface area contributed by atoms with E-state index >= 15 is 0 Å². The first-order valence-electron chi connectivity index (χ1n) is 7.01. The van der Waals surface area contributed by atoms with Crippen LogP contribution in [-0.2, 0) is 16.0 Å². The number of carboxylic acids is 1. The molecule has 5 nitrogen and oxygen atoms in total. The lowest BCUT2D eigenvalue weighted by atomic mass is 9.97. The van der Waals surface area contributed by atoms with E-state index in [9.17, 15) is 19.1 Å². The van der Waals surface area contributed by atoms with Crippen LogP contribution in [0.25, 0.3) is 0 Å². The number of fused-ring (bicyclic) bond motifs is 1. The summed E-state index contributed by atoms with van der Waals surface area (Å²) in [6, 6.07) is 4.10. The minimum atomic E-state index is -1.18. The van der Waals surface area contributed by atoms with Gasteiger partial charge in [0.25, 0.3) is 5.91 Å². The number of ether oxygens (including phenoxy) is 1. The third-order valence-corrected chi connectivity index (χ3v) is 4.22. The van der Waals surface area contributed by atoms with Crippen molar-refractivity contribution in [2.45, 2.75) is 43.7 Å². The van der Waals surface area contributed by atoms with Gasteiger partial charge in [0, 0.05) is 12.0 Å². The molecule has 0 unspecified atom stereocenters. The average molecular weight is 293 g/mol. The Morgan fingerprint density at radius 2 is 2.05 bits per heavy atom. The highest BCUT2D eigenvalue weighted by Crippen LogP contribution is 2.32. The minimum Gasteiger partial charge on any atom is -0.480 e. The van der Waals surface area contributed by atoms with E-state index in [0.717, 1.165) is 12.8 Å². The lowest BCUT2D eigenvalue weighted by Gasteiger charge is -2.26. The normalized spacial score (nSPS) is 22.4. The van der Waals surface area contributed by atoms with Crippen LogP contribution in [0.1, 0.15) is 31.2 Å². The van der Waals surface area contributed by atoms with Gasteiger partial charge in [-0.25, -0.2) is 9.18 Å². The van der Waals surface area contributed by atoms with Crippen molar-refractivity contribution in [3.05, 3.63) is 29.6 Å². The Morgan fingerprint density at radius 1 is 1.33 bits per heavy atom. The molecule has 2 N–H and O–H groups in total. The molecule has 2 aliphatic rings. The number of hydrogen-bond acceptors (Lipinski definition) is 3. The molecular formula is C15H16FNO4. The summed E-state index contributed by atoms with van der Waals surface area (Å²) in [7, 11) is 0. The summed E-state index contributed by atoms with van der Waals surface area (Å²) in [5.74, 6) is -1.35. The van der Waals surface area contributed by atoms with E-state index in [4.69, 9.17) is 4.74 Å². The van der Waals surface area contributed by atoms with Crippen LogP contribution in [0.4, 0.5) is 4.39 Å². The number of halogens is 1. The summed E-state index contributed by atoms with van der Waals surface area (Å²) < 4.78 is 18.6. The molecule has 0 saturated heterocycles. The predicted octanol–water partition coefficient (Wildman–Crippen LogP) is 1.64. The van der Waals surface area contributed by atoms with E-state index in [1.54, 1.807) is 0 Å². The molecule has 1 aromatic carbocycles. The van der Waals surface area contributed by atoms with E-state index in [2.05, 4.69) is 5.32 Å². The molecular weight excluding hydrogens is 277 g/mol. The second-order valence-electron chi connectivity index (χ2n) is 5.65. The fourth-order valence-electron chi connectivity index (χ4n) is 3.05. The number of aliphatic carboxylic acids is 1. The Hall–Kier alpha value is -2.11. The predicted molar refractivity (Wildman–Crippen MR) is 71.5 cm³/mol. The van der Waals surface area contributed by atoms with Crippen molar-refractivity contribution < 1.29 is 23.8 Å². The number of carbonyl (C=O) groups excluding carboxylic acids is 1. The summed E-state index contributed by atoms with van der Waals surface area (Å²) in [5.41, 5.74) is -0.550. The number of carbonyl (C=O) groups is 2. The second-order valence-corrected chi connectivity index (χ2v) is 5.65. The van der Waals surface area contributed by atoms with Gasteiger partial charge in [0.05, 0.1) is 0 Å². The van der Waals surface area contributed by atoms with E-state index in [1.807, 2.05) is 0 Å². The maximum atomic E-state index is 13.2. The van der Waals surface area contributed by atoms with Gasteiger partial charge in [-0.15, -0.1) is 0 Å². The highest BCUT2D eigenvalue weighted by atomic mass is 19.1. The summed E-state index contributed by atoms with van der Waals surface area (Å²) in [6.07, 6.45) is 1.89. The molecule has 1 fully saturated rings. The average Bonchev–Trinajstić information content (AvgIpc) is 3.05. The molecule has 1 aliphatic heterocycles. The summed E-state index contributed by atoms with van der Waals surface area (Å²) in [5, 5.41) is 12.0. The lowest BCUT2D eigenvalue weighted by Crippen LogP contribution is -2.55. The van der Waals surface area contributed by atoms with E-state index < -0.39 is 23.5 Å². The van der Waals surface area contributed by atoms with Crippen molar-refractivity contribution in [2.75, 3.05) is 0 Å². The number of nitrogens with one attached hydrogen (secondary N) is 1. The van der Waals surface area contributed by atoms with E-state index in [0.29, 0.717) is 24.2 Å². The van der Waals surface area contributed by atoms with Crippen LogP contribution in [0.5, 0.6) is 5.75 Å². The molecule has 112 valence electrons. The molecule has 6 heteroatoms. The molecule has 0 aromatic heterocycles. The molecule has 1 atom stereocenters. The van der Waals surface area contributed by atoms with Crippen molar-refractivity contribution in [1.82, 2.24) is 5.32 Å². The smallest absolute Gasteiger partial charge is 0.329 e. The Morgan fingerprint density at radius 3 is 2.71 bits per heavy atom. The van der Waals surface area contributed by atoms with Gasteiger partial charge in [0.2, 0.25) is 0 Å². The van der Waals surface area contributed by atoms with Crippen LogP contribution >= 0.6 is 0 Å². The molecule has 0 radical (unpaired) electrons. The first-order valence-corrected chi connectivity index (χ1v) is 7.01. The first kappa shape index (κ1) is 13.9. The molecule has 21 heavy (non-hydrogen) atoms. The highest BCUT2D eigenvalue weighted by molar-refractivity contribution is 5.90. The van der Waals surface area contributed by atoms with Crippen LogP contribution < -0.4 is 10.1 Å². The fraction of sp³-hybridized carbons (Fsp3) is 0.467. The summed E-state index contributed by atoms with van der Waals surface area (Å²) >= 11 is 0. The number of amides is 1. The third kappa shape index (κ3) is 2.46. The molecule has 1 amide bonds. The fourth-order valence-corrected chi connectivity index (χ4v) is 3.05. The maximum absolute atomic E-state index is 13.2. The molecule has 0 bridgehead atoms. The van der Waals surface area contributed by atoms with Crippen LogP contribution in [0.2, 0.25) is 0 Å². The van der Waals surface area contributed by atoms with Gasteiger partial charge in [-0.1, -0.05) is 12.8 Å². The molecule has 0 spiro atoms. The topological polar surface area (TPSA) is 75.6 Å². The second kappa shape index (κ2) is 5.02. The van der Waals surface area contributed by atoms with Gasteiger partial charge in [0.1, 0.15) is 17.1 Å². The Bertz CT molecular complexity index is 595. The van der Waals surface area contributed by atoms with Crippen molar-refractivity contribution >= 4 is 11.9 Å². The van der Waals surface area contributed by atoms with Crippen LogP contribution in [0.15, 0.2) is 18.2 Å². The van der Waals surface area contributed by atoms with E-state index in [1.165, 1.54) is 18.2 Å². The number of carboxylic acid groups (broad SMARTS) is 1. The zero-order chi connectivity index (χ0) is 15.0. The summed E-state index contributed by atoms with van der Waals surface area (Å²) in [4.78, 5) is 23.7. The van der Waals surface area contributed by atoms with Crippen LogP contribution in [0.3, 0.4) is 0 Å². The first-order chi connectivity index (χ1) is 10.00. The monoisotopic (exact) mass is 293 g/mol. The van der Waals surface area contributed by atoms with E-state index in [-0.39, 0.29) is 12.2 Å². The molecule has 3 rings (SSSR count). The lowest BCUT2D eigenvalue weighted by molar-refractivity contribution is -0.148. The van der Waals surface area contributed by atoms with Gasteiger partial charge in [-0.05, 0) is 31.0 Å². The minimum absolute atomic E-state index is 0.259. The van der Waals surface area contributed by atoms with Gasteiger partial charge < -0.3 is 15.2 Å². The quantitative estimate of drug-likeness (QED) is 0.888. The maximum Gasteiger partial charge on any atom is 0.329 e. The Labute approximate surface area is 121 Å². The number of benzene rings is 1. The summed E-state index contributed by atoms with van der Waals surface area (Å²) in [6.45, 7) is 0. The van der Waals surface area contributed by atoms with Crippen molar-refractivity contribution in [3.8, 4) is 5.75 Å². The SMILES string of the molecule is O=C(NC1(C(=O)O)CCCC1)[C@@H]1Cc2cc(F)ccc2O1. The zero-order valence-corrected chi connectivity index (χ0v) is 11.4. The van der Waals surface area contributed by atoms with Gasteiger partial charge in [-0.3, -0.25) is 4.79 Å². The Balaban J connectivity index is 1.71. The van der Waals surface area contributed by atoms with Gasteiger partial charge in [-0.2, -0.15) is 0 Å². The highest BCUT2D eigenvalue weighted by Gasteiger charge is 2.44. The molecule has 1 aromatic rings. The molecule has 1 aliphatic carbocycles. The standard InChI is InChI=1S/C15H16FNO4/c16-10-3-4-11-9(7-10)8-12(21-11)13(18)17-15(14(19)20)5-1-2-6-15/h3-4,7,12H,1-2,5-6,8H2,(H,17,18)(H,19,20)/t12-/m0/s1. The largest absolute Gasteiger partial charge is 0.480 e.